The second-order valence-corrected chi connectivity index (χ2v) is 3.98. The average molecular weight is 197 g/mol. The molecule has 1 aliphatic rings. The molecule has 0 saturated heterocycles. The standard InChI is InChI=1S/C11H13F2N/c1-6-2-9(12)11(10(13)3-6)8-4-7(8)5-14/h2-3,7-8H,4-5,14H2,1H3/t7-,8+/m0/s1. The summed E-state index contributed by atoms with van der Waals surface area (Å²) in [6.07, 6.45) is 0.813. The van der Waals surface area contributed by atoms with Crippen LogP contribution in [0.15, 0.2) is 12.1 Å². The molecule has 1 aliphatic carbocycles. The van der Waals surface area contributed by atoms with E-state index in [1.165, 1.54) is 12.1 Å². The third-order valence-corrected chi connectivity index (χ3v) is 2.82. The van der Waals surface area contributed by atoms with Gasteiger partial charge in [0.05, 0.1) is 0 Å². The Morgan fingerprint density at radius 3 is 2.36 bits per heavy atom. The molecule has 0 aromatic heterocycles. The molecule has 2 N–H and O–H groups in total. The van der Waals surface area contributed by atoms with Crippen LogP contribution in [0.2, 0.25) is 0 Å². The SMILES string of the molecule is Cc1cc(F)c([C@@H]2C[C@H]2CN)c(F)c1. The molecule has 1 fully saturated rings. The van der Waals surface area contributed by atoms with E-state index in [2.05, 4.69) is 0 Å². The smallest absolute Gasteiger partial charge is 0.129 e. The Morgan fingerprint density at radius 1 is 1.36 bits per heavy atom. The summed E-state index contributed by atoms with van der Waals surface area (Å²) in [5.41, 5.74) is 6.29. The summed E-state index contributed by atoms with van der Waals surface area (Å²) in [4.78, 5) is 0. The quantitative estimate of drug-likeness (QED) is 0.773. The minimum absolute atomic E-state index is 0.000556. The Hall–Kier alpha value is -0.960. The first-order valence-electron chi connectivity index (χ1n) is 4.79. The van der Waals surface area contributed by atoms with Crippen LogP contribution in [-0.4, -0.2) is 6.54 Å². The van der Waals surface area contributed by atoms with Crippen LogP contribution in [-0.2, 0) is 0 Å². The summed E-state index contributed by atoms with van der Waals surface area (Å²) < 4.78 is 26.9. The van der Waals surface area contributed by atoms with Crippen molar-refractivity contribution in [3.05, 3.63) is 34.9 Å². The van der Waals surface area contributed by atoms with Gasteiger partial charge in [0.2, 0.25) is 0 Å². The summed E-state index contributed by atoms with van der Waals surface area (Å²) in [6.45, 7) is 2.20. The lowest BCUT2D eigenvalue weighted by Gasteiger charge is -2.05. The largest absolute Gasteiger partial charge is 0.330 e. The summed E-state index contributed by atoms with van der Waals surface area (Å²) in [5.74, 6) is -0.589. The highest BCUT2D eigenvalue weighted by Crippen LogP contribution is 2.48. The maximum Gasteiger partial charge on any atom is 0.129 e. The second-order valence-electron chi connectivity index (χ2n) is 3.98. The molecule has 1 aromatic carbocycles. The molecular formula is C11H13F2N. The number of hydrogen-bond acceptors (Lipinski definition) is 1. The minimum atomic E-state index is -0.427. The number of aryl methyl sites for hydroxylation is 1. The summed E-state index contributed by atoms with van der Waals surface area (Å²) in [6, 6.07) is 2.76. The van der Waals surface area contributed by atoms with Gasteiger partial charge in [0.25, 0.3) is 0 Å². The lowest BCUT2D eigenvalue weighted by Crippen LogP contribution is -2.04. The molecule has 0 spiro atoms. The van der Waals surface area contributed by atoms with Crippen molar-refractivity contribution in [1.29, 1.82) is 0 Å². The fraction of sp³-hybridized carbons (Fsp3) is 0.455. The van der Waals surface area contributed by atoms with Crippen LogP contribution in [0, 0.1) is 24.5 Å². The third-order valence-electron chi connectivity index (χ3n) is 2.82. The van der Waals surface area contributed by atoms with Crippen molar-refractivity contribution in [2.24, 2.45) is 11.7 Å². The molecule has 1 nitrogen and oxygen atoms in total. The maximum atomic E-state index is 13.4. The predicted octanol–water partition coefficient (Wildman–Crippen LogP) is 2.34. The molecule has 2 rings (SSSR count). The summed E-state index contributed by atoms with van der Waals surface area (Å²) >= 11 is 0. The van der Waals surface area contributed by atoms with Gasteiger partial charge >= 0.3 is 0 Å². The summed E-state index contributed by atoms with van der Waals surface area (Å²) in [7, 11) is 0. The second kappa shape index (κ2) is 3.31. The van der Waals surface area contributed by atoms with Crippen molar-refractivity contribution < 1.29 is 8.78 Å². The van der Waals surface area contributed by atoms with E-state index >= 15 is 0 Å². The van der Waals surface area contributed by atoms with Crippen molar-refractivity contribution in [1.82, 2.24) is 0 Å². The molecule has 0 radical (unpaired) electrons. The molecule has 2 atom stereocenters. The molecule has 1 aromatic rings. The van der Waals surface area contributed by atoms with Crippen LogP contribution >= 0.6 is 0 Å². The van der Waals surface area contributed by atoms with Crippen molar-refractivity contribution in [2.75, 3.05) is 6.54 Å². The first kappa shape index (κ1) is 9.59. The lowest BCUT2D eigenvalue weighted by molar-refractivity contribution is 0.550. The maximum absolute atomic E-state index is 13.4. The highest BCUT2D eigenvalue weighted by molar-refractivity contribution is 5.32. The number of rotatable bonds is 2. The number of nitrogens with two attached hydrogens (primary N) is 1. The molecule has 76 valence electrons. The minimum Gasteiger partial charge on any atom is -0.330 e. The van der Waals surface area contributed by atoms with E-state index in [1.54, 1.807) is 6.92 Å². The van der Waals surface area contributed by atoms with Crippen LogP contribution in [0.3, 0.4) is 0 Å². The first-order valence-corrected chi connectivity index (χ1v) is 4.79. The first-order chi connectivity index (χ1) is 6.63. The summed E-state index contributed by atoms with van der Waals surface area (Å²) in [5, 5.41) is 0. The van der Waals surface area contributed by atoms with E-state index < -0.39 is 11.6 Å². The average Bonchev–Trinajstić information content (AvgIpc) is 2.81. The fourth-order valence-electron chi connectivity index (χ4n) is 1.93. The Morgan fingerprint density at radius 2 is 1.93 bits per heavy atom. The zero-order valence-electron chi connectivity index (χ0n) is 8.06. The molecule has 3 heteroatoms. The zero-order chi connectivity index (χ0) is 10.3. The van der Waals surface area contributed by atoms with Gasteiger partial charge in [-0.15, -0.1) is 0 Å². The van der Waals surface area contributed by atoms with E-state index in [0.717, 1.165) is 6.42 Å². The van der Waals surface area contributed by atoms with Crippen LogP contribution in [0.5, 0.6) is 0 Å². The van der Waals surface area contributed by atoms with Gasteiger partial charge in [-0.3, -0.25) is 0 Å². The fourth-order valence-corrected chi connectivity index (χ4v) is 1.93. The van der Waals surface area contributed by atoms with E-state index in [9.17, 15) is 8.78 Å². The highest BCUT2D eigenvalue weighted by Gasteiger charge is 2.40. The number of benzene rings is 1. The zero-order valence-corrected chi connectivity index (χ0v) is 8.06. The van der Waals surface area contributed by atoms with E-state index in [1.807, 2.05) is 0 Å². The van der Waals surface area contributed by atoms with Gasteiger partial charge in [-0.1, -0.05) is 0 Å². The van der Waals surface area contributed by atoms with Crippen LogP contribution < -0.4 is 5.73 Å². The van der Waals surface area contributed by atoms with E-state index in [0.29, 0.717) is 12.1 Å². The van der Waals surface area contributed by atoms with Gasteiger partial charge in [0, 0.05) is 5.56 Å². The Kier molecular flexibility index (Phi) is 2.27. The molecule has 0 heterocycles. The Bertz CT molecular complexity index is 339. The molecule has 1 saturated carbocycles. The van der Waals surface area contributed by atoms with Gasteiger partial charge in [0.1, 0.15) is 11.6 Å². The van der Waals surface area contributed by atoms with Gasteiger partial charge < -0.3 is 5.73 Å². The van der Waals surface area contributed by atoms with Gasteiger partial charge in [-0.25, -0.2) is 8.78 Å². The van der Waals surface area contributed by atoms with E-state index in [4.69, 9.17) is 5.73 Å². The van der Waals surface area contributed by atoms with Gasteiger partial charge in [0.15, 0.2) is 0 Å². The molecule has 0 bridgehead atoms. The molecular weight excluding hydrogens is 184 g/mol. The van der Waals surface area contributed by atoms with Crippen LogP contribution in [0.25, 0.3) is 0 Å². The van der Waals surface area contributed by atoms with Crippen LogP contribution in [0.4, 0.5) is 8.78 Å². The molecule has 0 unspecified atom stereocenters. The highest BCUT2D eigenvalue weighted by atomic mass is 19.1. The van der Waals surface area contributed by atoms with Crippen molar-refractivity contribution in [3.63, 3.8) is 0 Å². The molecule has 14 heavy (non-hydrogen) atoms. The van der Waals surface area contributed by atoms with Crippen LogP contribution in [0.1, 0.15) is 23.5 Å². The van der Waals surface area contributed by atoms with Gasteiger partial charge in [-0.05, 0) is 49.4 Å². The Balaban J connectivity index is 2.34. The monoisotopic (exact) mass is 197 g/mol. The van der Waals surface area contributed by atoms with Gasteiger partial charge in [-0.2, -0.15) is 0 Å². The topological polar surface area (TPSA) is 26.0 Å². The van der Waals surface area contributed by atoms with Crippen molar-refractivity contribution in [2.45, 2.75) is 19.3 Å². The molecule has 0 amide bonds. The van der Waals surface area contributed by atoms with Crippen molar-refractivity contribution >= 4 is 0 Å². The number of halogens is 2. The third kappa shape index (κ3) is 1.52. The van der Waals surface area contributed by atoms with E-state index in [-0.39, 0.29) is 17.4 Å². The van der Waals surface area contributed by atoms with Crippen molar-refractivity contribution in [3.8, 4) is 0 Å². The number of hydrogen-bond donors (Lipinski definition) is 1. The normalized spacial score (nSPS) is 25.1. The Labute approximate surface area is 81.9 Å². The lowest BCUT2D eigenvalue weighted by atomic mass is 10.1. The molecule has 0 aliphatic heterocycles. The predicted molar refractivity (Wildman–Crippen MR) is 51.0 cm³/mol.